The van der Waals surface area contributed by atoms with Crippen LogP contribution >= 0.6 is 11.5 Å². The van der Waals surface area contributed by atoms with Crippen LogP contribution in [-0.4, -0.2) is 22.6 Å². The summed E-state index contributed by atoms with van der Waals surface area (Å²) in [5.74, 6) is 0.715. The maximum atomic E-state index is 4.33. The van der Waals surface area contributed by atoms with Gasteiger partial charge in [0.2, 0.25) is 0 Å². The molecule has 1 aromatic rings. The van der Waals surface area contributed by atoms with Gasteiger partial charge < -0.3 is 0 Å². The normalized spacial score (nSPS) is 12.7. The number of nitrogens with zero attached hydrogens (tertiary/aromatic N) is 3. The SMILES string of the molecule is C/N=C/c1nsc(C(C)(C)C)n1. The van der Waals surface area contributed by atoms with E-state index >= 15 is 0 Å². The molecule has 0 fully saturated rings. The summed E-state index contributed by atoms with van der Waals surface area (Å²) in [5, 5.41) is 1.05. The fourth-order valence-electron chi connectivity index (χ4n) is 0.707. The first-order valence-corrected chi connectivity index (χ1v) is 4.58. The predicted molar refractivity (Wildman–Crippen MR) is 52.1 cm³/mol. The number of hydrogen-bond acceptors (Lipinski definition) is 4. The lowest BCUT2D eigenvalue weighted by Crippen LogP contribution is -2.10. The molecule has 12 heavy (non-hydrogen) atoms. The van der Waals surface area contributed by atoms with Crippen LogP contribution in [0.5, 0.6) is 0 Å². The van der Waals surface area contributed by atoms with Crippen molar-refractivity contribution < 1.29 is 0 Å². The molecule has 0 radical (unpaired) electrons. The van der Waals surface area contributed by atoms with Crippen LogP contribution < -0.4 is 0 Å². The summed E-state index contributed by atoms with van der Waals surface area (Å²) in [4.78, 5) is 8.19. The summed E-state index contributed by atoms with van der Waals surface area (Å²) in [7, 11) is 1.72. The molecule has 1 rings (SSSR count). The van der Waals surface area contributed by atoms with Gasteiger partial charge in [-0.2, -0.15) is 4.37 Å². The maximum Gasteiger partial charge on any atom is 0.183 e. The predicted octanol–water partition coefficient (Wildman–Crippen LogP) is 1.88. The van der Waals surface area contributed by atoms with Crippen LogP contribution in [0.3, 0.4) is 0 Å². The van der Waals surface area contributed by atoms with Crippen LogP contribution in [0.25, 0.3) is 0 Å². The Morgan fingerprint density at radius 2 is 2.08 bits per heavy atom. The molecule has 0 aromatic carbocycles. The fourth-order valence-corrected chi connectivity index (χ4v) is 1.38. The van der Waals surface area contributed by atoms with Crippen LogP contribution in [0.1, 0.15) is 31.6 Å². The molecule has 0 saturated heterocycles. The third-order valence-corrected chi connectivity index (χ3v) is 2.48. The van der Waals surface area contributed by atoms with Gasteiger partial charge in [0.15, 0.2) is 5.82 Å². The zero-order valence-corrected chi connectivity index (χ0v) is 8.64. The zero-order valence-electron chi connectivity index (χ0n) is 7.83. The van der Waals surface area contributed by atoms with E-state index in [4.69, 9.17) is 0 Å². The van der Waals surface area contributed by atoms with Gasteiger partial charge in [-0.05, 0) is 11.5 Å². The monoisotopic (exact) mass is 183 g/mol. The first-order valence-electron chi connectivity index (χ1n) is 3.80. The molecule has 0 amide bonds. The van der Waals surface area contributed by atoms with Crippen molar-refractivity contribution in [2.75, 3.05) is 7.05 Å². The largest absolute Gasteiger partial charge is 0.293 e. The van der Waals surface area contributed by atoms with Crippen LogP contribution in [0.15, 0.2) is 4.99 Å². The zero-order chi connectivity index (χ0) is 9.19. The van der Waals surface area contributed by atoms with Gasteiger partial charge in [0.05, 0.1) is 6.21 Å². The Hall–Kier alpha value is -0.770. The summed E-state index contributed by atoms with van der Waals surface area (Å²) < 4.78 is 4.15. The Kier molecular flexibility index (Phi) is 2.57. The second-order valence-corrected chi connectivity index (χ2v) is 4.35. The van der Waals surface area contributed by atoms with E-state index in [2.05, 4.69) is 35.1 Å². The fraction of sp³-hybridized carbons (Fsp3) is 0.625. The van der Waals surface area contributed by atoms with Crippen LogP contribution in [0.2, 0.25) is 0 Å². The first-order chi connectivity index (χ1) is 5.54. The lowest BCUT2D eigenvalue weighted by molar-refractivity contribution is 0.585. The van der Waals surface area contributed by atoms with E-state index in [1.165, 1.54) is 11.5 Å². The Morgan fingerprint density at radius 1 is 1.42 bits per heavy atom. The molecule has 0 unspecified atom stereocenters. The molecule has 4 heteroatoms. The van der Waals surface area contributed by atoms with Crippen molar-refractivity contribution in [1.29, 1.82) is 0 Å². The van der Waals surface area contributed by atoms with E-state index in [0.717, 1.165) is 5.01 Å². The van der Waals surface area contributed by atoms with Gasteiger partial charge in [-0.25, -0.2) is 4.98 Å². The average Bonchev–Trinajstić information content (AvgIpc) is 2.35. The quantitative estimate of drug-likeness (QED) is 0.623. The third-order valence-electron chi connectivity index (χ3n) is 1.33. The van der Waals surface area contributed by atoms with E-state index in [9.17, 15) is 0 Å². The highest BCUT2D eigenvalue weighted by atomic mass is 32.1. The van der Waals surface area contributed by atoms with E-state index in [1.54, 1.807) is 13.3 Å². The molecule has 1 aromatic heterocycles. The number of hydrogen-bond donors (Lipinski definition) is 0. The van der Waals surface area contributed by atoms with Gasteiger partial charge in [-0.15, -0.1) is 0 Å². The smallest absolute Gasteiger partial charge is 0.183 e. The van der Waals surface area contributed by atoms with Gasteiger partial charge in [0.25, 0.3) is 0 Å². The minimum Gasteiger partial charge on any atom is -0.293 e. The van der Waals surface area contributed by atoms with Crippen LogP contribution in [-0.2, 0) is 5.41 Å². The molecule has 0 atom stereocenters. The number of aliphatic imine (C=N–C) groups is 1. The highest BCUT2D eigenvalue weighted by Crippen LogP contribution is 2.22. The molecule has 0 spiro atoms. The highest BCUT2D eigenvalue weighted by Gasteiger charge is 2.18. The summed E-state index contributed by atoms with van der Waals surface area (Å²) in [5.41, 5.74) is 0.0947. The molecule has 1 heterocycles. The van der Waals surface area contributed by atoms with Crippen molar-refractivity contribution in [3.63, 3.8) is 0 Å². The van der Waals surface area contributed by atoms with E-state index in [1.807, 2.05) is 0 Å². The number of aromatic nitrogens is 2. The average molecular weight is 183 g/mol. The van der Waals surface area contributed by atoms with Crippen LogP contribution in [0, 0.1) is 0 Å². The van der Waals surface area contributed by atoms with Gasteiger partial charge in [-0.3, -0.25) is 4.99 Å². The lowest BCUT2D eigenvalue weighted by Gasteiger charge is -2.12. The second-order valence-electron chi connectivity index (χ2n) is 3.60. The second kappa shape index (κ2) is 3.31. The Balaban J connectivity index is 2.92. The van der Waals surface area contributed by atoms with Crippen molar-refractivity contribution >= 4 is 17.7 Å². The van der Waals surface area contributed by atoms with Gasteiger partial charge in [0, 0.05) is 12.5 Å². The van der Waals surface area contributed by atoms with Crippen molar-refractivity contribution in [3.8, 4) is 0 Å². The van der Waals surface area contributed by atoms with E-state index in [0.29, 0.717) is 5.82 Å². The molecule has 0 bridgehead atoms. The summed E-state index contributed by atoms with van der Waals surface area (Å²) in [6, 6.07) is 0. The minimum atomic E-state index is 0.0947. The van der Waals surface area contributed by atoms with Gasteiger partial charge in [-0.1, -0.05) is 20.8 Å². The van der Waals surface area contributed by atoms with Crippen molar-refractivity contribution in [3.05, 3.63) is 10.8 Å². The lowest BCUT2D eigenvalue weighted by atomic mass is 9.98. The van der Waals surface area contributed by atoms with Gasteiger partial charge in [0.1, 0.15) is 5.01 Å². The van der Waals surface area contributed by atoms with Crippen molar-refractivity contribution in [1.82, 2.24) is 9.36 Å². The topological polar surface area (TPSA) is 38.1 Å². The summed E-state index contributed by atoms with van der Waals surface area (Å²) in [6.45, 7) is 6.38. The summed E-state index contributed by atoms with van der Waals surface area (Å²) in [6.07, 6.45) is 1.67. The highest BCUT2D eigenvalue weighted by molar-refractivity contribution is 7.05. The Bertz CT molecular complexity index is 283. The first kappa shape index (κ1) is 9.32. The summed E-state index contributed by atoms with van der Waals surface area (Å²) >= 11 is 1.44. The molecule has 0 aliphatic heterocycles. The van der Waals surface area contributed by atoms with Crippen molar-refractivity contribution in [2.45, 2.75) is 26.2 Å². The van der Waals surface area contributed by atoms with Crippen molar-refractivity contribution in [2.24, 2.45) is 4.99 Å². The third kappa shape index (κ3) is 2.11. The van der Waals surface area contributed by atoms with E-state index < -0.39 is 0 Å². The molecule has 3 nitrogen and oxygen atoms in total. The molecule has 0 aliphatic carbocycles. The van der Waals surface area contributed by atoms with E-state index in [-0.39, 0.29) is 5.41 Å². The molecular weight excluding hydrogens is 170 g/mol. The maximum absolute atomic E-state index is 4.33. The van der Waals surface area contributed by atoms with Gasteiger partial charge >= 0.3 is 0 Å². The molecule has 0 N–H and O–H groups in total. The minimum absolute atomic E-state index is 0.0947. The molecular formula is C8H13N3S. The standard InChI is InChI=1S/C8H13N3S/c1-8(2,3)7-10-6(5-9-4)11-12-7/h5H,1-4H3/b9-5+. The molecule has 0 aliphatic rings. The number of rotatable bonds is 1. The molecule has 0 saturated carbocycles. The van der Waals surface area contributed by atoms with Crippen LogP contribution in [0.4, 0.5) is 0 Å². The molecule has 66 valence electrons. The Labute approximate surface area is 76.7 Å². The Morgan fingerprint density at radius 3 is 2.50 bits per heavy atom.